The molecule has 29 heavy (non-hydrogen) atoms. The van der Waals surface area contributed by atoms with Crippen LogP contribution in [0.5, 0.6) is 5.75 Å². The van der Waals surface area contributed by atoms with Crippen molar-refractivity contribution in [1.29, 1.82) is 0 Å². The van der Waals surface area contributed by atoms with Gasteiger partial charge in [-0.05, 0) is 58.9 Å². The maximum Gasteiger partial charge on any atom is 0.387 e. The lowest BCUT2D eigenvalue weighted by molar-refractivity contribution is -0.254. The monoisotopic (exact) mass is 395 g/mol. The van der Waals surface area contributed by atoms with Gasteiger partial charge in [0.05, 0.1) is 5.97 Å². The fraction of sp³-hybridized carbons (Fsp3) is 0.208. The van der Waals surface area contributed by atoms with Crippen molar-refractivity contribution in [2.45, 2.75) is 32.8 Å². The third-order valence-electron chi connectivity index (χ3n) is 4.74. The third kappa shape index (κ3) is 5.19. The summed E-state index contributed by atoms with van der Waals surface area (Å²) in [7, 11) is 0. The molecule has 0 fully saturated rings. The Bertz CT molecular complexity index is 964. The van der Waals surface area contributed by atoms with Crippen LogP contribution in [0.15, 0.2) is 66.7 Å². The molecular weight excluding hydrogens is 374 g/mol. The molecule has 0 bridgehead atoms. The van der Waals surface area contributed by atoms with Crippen LogP contribution in [-0.2, 0) is 6.42 Å². The van der Waals surface area contributed by atoms with Gasteiger partial charge in [-0.1, -0.05) is 61.9 Å². The second-order valence-electron chi connectivity index (χ2n) is 6.75. The van der Waals surface area contributed by atoms with Gasteiger partial charge in [0, 0.05) is 5.56 Å². The average Bonchev–Trinajstić information content (AvgIpc) is 2.72. The van der Waals surface area contributed by atoms with E-state index in [-0.39, 0.29) is 16.9 Å². The number of aromatic carboxylic acids is 1. The van der Waals surface area contributed by atoms with Crippen LogP contribution >= 0.6 is 0 Å². The highest BCUT2D eigenvalue weighted by atomic mass is 19.3. The molecule has 3 nitrogen and oxygen atoms in total. The number of unbranched alkanes of at least 4 members (excludes halogenated alkanes) is 1. The minimum Gasteiger partial charge on any atom is -0.545 e. The summed E-state index contributed by atoms with van der Waals surface area (Å²) in [5.41, 5.74) is 4.08. The smallest absolute Gasteiger partial charge is 0.387 e. The summed E-state index contributed by atoms with van der Waals surface area (Å²) in [5.74, 6) is -1.48. The number of ether oxygens (including phenoxy) is 1. The Morgan fingerprint density at radius 2 is 1.52 bits per heavy atom. The van der Waals surface area contributed by atoms with Gasteiger partial charge in [-0.15, -0.1) is 0 Å². The molecule has 0 unspecified atom stereocenters. The van der Waals surface area contributed by atoms with E-state index in [9.17, 15) is 18.7 Å². The molecule has 150 valence electrons. The molecule has 3 aromatic carbocycles. The van der Waals surface area contributed by atoms with Gasteiger partial charge in [-0.3, -0.25) is 0 Å². The van der Waals surface area contributed by atoms with Crippen LogP contribution in [0.25, 0.3) is 22.3 Å². The van der Waals surface area contributed by atoms with Crippen LogP contribution in [0.1, 0.15) is 35.7 Å². The van der Waals surface area contributed by atoms with E-state index in [1.165, 1.54) is 23.8 Å². The van der Waals surface area contributed by atoms with Gasteiger partial charge in [-0.25, -0.2) is 0 Å². The molecule has 0 aliphatic heterocycles. The number of alkyl halides is 2. The van der Waals surface area contributed by atoms with Crippen molar-refractivity contribution >= 4 is 5.97 Å². The first kappa shape index (κ1) is 20.5. The van der Waals surface area contributed by atoms with Gasteiger partial charge >= 0.3 is 6.61 Å². The summed E-state index contributed by atoms with van der Waals surface area (Å²) in [6.45, 7) is -0.823. The van der Waals surface area contributed by atoms with E-state index in [0.717, 1.165) is 30.4 Å². The first-order valence-electron chi connectivity index (χ1n) is 9.48. The Labute approximate surface area is 168 Å². The summed E-state index contributed by atoms with van der Waals surface area (Å²) in [6.07, 6.45) is 3.36. The van der Waals surface area contributed by atoms with Gasteiger partial charge in [-0.2, -0.15) is 8.78 Å². The molecule has 0 radical (unpaired) electrons. The van der Waals surface area contributed by atoms with E-state index in [0.29, 0.717) is 5.56 Å². The van der Waals surface area contributed by atoms with Crippen molar-refractivity contribution in [1.82, 2.24) is 0 Å². The lowest BCUT2D eigenvalue weighted by atomic mass is 9.96. The van der Waals surface area contributed by atoms with Crippen molar-refractivity contribution < 1.29 is 23.4 Å². The number of carboxylic acid groups (broad SMARTS) is 1. The Morgan fingerprint density at radius 3 is 2.07 bits per heavy atom. The molecule has 0 aliphatic carbocycles. The summed E-state index contributed by atoms with van der Waals surface area (Å²) < 4.78 is 29.4. The quantitative estimate of drug-likeness (QED) is 0.518. The number of hydrogen-bond acceptors (Lipinski definition) is 3. The van der Waals surface area contributed by atoms with E-state index in [4.69, 9.17) is 0 Å². The number of carbonyl (C=O) groups excluding carboxylic acids is 1. The molecule has 0 aliphatic rings. The van der Waals surface area contributed by atoms with Gasteiger partial charge in [0.2, 0.25) is 0 Å². The standard InChI is InChI=1S/C24H22F2O3/c1-2-3-4-16-5-7-17(8-6-16)18-9-11-19(12-10-18)22-15-20(29-24(25)26)13-14-21(22)23(27)28/h5-15,24H,2-4H2,1H3,(H,27,28)/p-1. The van der Waals surface area contributed by atoms with Gasteiger partial charge in [0.1, 0.15) is 5.75 Å². The number of hydrogen-bond donors (Lipinski definition) is 0. The first-order valence-corrected chi connectivity index (χ1v) is 9.48. The van der Waals surface area contributed by atoms with E-state index in [2.05, 4.69) is 35.9 Å². The predicted octanol–water partition coefficient (Wildman–Crippen LogP) is 5.33. The first-order chi connectivity index (χ1) is 14.0. The highest BCUT2D eigenvalue weighted by Gasteiger charge is 2.11. The zero-order valence-corrected chi connectivity index (χ0v) is 16.0. The highest BCUT2D eigenvalue weighted by molar-refractivity contribution is 5.95. The Kier molecular flexibility index (Phi) is 6.60. The van der Waals surface area contributed by atoms with Gasteiger partial charge in [0.15, 0.2) is 0 Å². The van der Waals surface area contributed by atoms with E-state index in [1.807, 2.05) is 12.1 Å². The highest BCUT2D eigenvalue weighted by Crippen LogP contribution is 2.31. The summed E-state index contributed by atoms with van der Waals surface area (Å²) in [5, 5.41) is 11.4. The van der Waals surface area contributed by atoms with Crippen LogP contribution in [0.2, 0.25) is 0 Å². The molecule has 0 amide bonds. The minimum atomic E-state index is -2.99. The number of rotatable bonds is 8. The van der Waals surface area contributed by atoms with Crippen molar-refractivity contribution in [2.24, 2.45) is 0 Å². The molecule has 0 saturated carbocycles. The maximum atomic E-state index is 12.5. The van der Waals surface area contributed by atoms with E-state index in [1.54, 1.807) is 12.1 Å². The largest absolute Gasteiger partial charge is 0.545 e. The third-order valence-corrected chi connectivity index (χ3v) is 4.74. The molecule has 5 heteroatoms. The van der Waals surface area contributed by atoms with E-state index >= 15 is 0 Å². The van der Waals surface area contributed by atoms with Crippen LogP contribution in [0, 0.1) is 0 Å². The zero-order chi connectivity index (χ0) is 20.8. The van der Waals surface area contributed by atoms with Crippen LogP contribution in [-0.4, -0.2) is 12.6 Å². The van der Waals surface area contributed by atoms with Crippen LogP contribution < -0.4 is 9.84 Å². The number of carboxylic acids is 1. The maximum absolute atomic E-state index is 12.5. The van der Waals surface area contributed by atoms with Crippen LogP contribution in [0.4, 0.5) is 8.78 Å². The molecule has 0 heterocycles. The molecule has 3 aromatic rings. The molecule has 0 spiro atoms. The Hall–Kier alpha value is -3.21. The Balaban J connectivity index is 1.88. The van der Waals surface area contributed by atoms with Gasteiger partial charge < -0.3 is 14.6 Å². The van der Waals surface area contributed by atoms with Crippen LogP contribution in [0.3, 0.4) is 0 Å². The lowest BCUT2D eigenvalue weighted by Crippen LogP contribution is -2.23. The molecule has 0 atom stereocenters. The fourth-order valence-corrected chi connectivity index (χ4v) is 3.20. The second kappa shape index (κ2) is 9.32. The number of aryl methyl sites for hydroxylation is 1. The van der Waals surface area contributed by atoms with Crippen molar-refractivity contribution in [3.8, 4) is 28.0 Å². The zero-order valence-electron chi connectivity index (χ0n) is 16.0. The average molecular weight is 395 g/mol. The summed E-state index contributed by atoms with van der Waals surface area (Å²) in [4.78, 5) is 11.4. The SMILES string of the molecule is CCCCc1ccc(-c2ccc(-c3cc(OC(F)F)ccc3C(=O)[O-])cc2)cc1. The summed E-state index contributed by atoms with van der Waals surface area (Å²) >= 11 is 0. The minimum absolute atomic E-state index is 0.0837. The van der Waals surface area contributed by atoms with Crippen molar-refractivity contribution in [3.05, 3.63) is 77.9 Å². The van der Waals surface area contributed by atoms with Crippen molar-refractivity contribution in [3.63, 3.8) is 0 Å². The normalized spacial score (nSPS) is 10.9. The number of carbonyl (C=O) groups is 1. The molecule has 0 N–H and O–H groups in total. The molecular formula is C24H21F2O3-. The summed E-state index contributed by atoms with van der Waals surface area (Å²) in [6, 6.07) is 19.3. The van der Waals surface area contributed by atoms with E-state index < -0.39 is 12.6 Å². The Morgan fingerprint density at radius 1 is 0.931 bits per heavy atom. The second-order valence-corrected chi connectivity index (χ2v) is 6.75. The number of halogens is 2. The fourth-order valence-electron chi connectivity index (χ4n) is 3.20. The predicted molar refractivity (Wildman–Crippen MR) is 107 cm³/mol. The topological polar surface area (TPSA) is 49.4 Å². The molecule has 0 aromatic heterocycles. The van der Waals surface area contributed by atoms with Crippen molar-refractivity contribution in [2.75, 3.05) is 0 Å². The lowest BCUT2D eigenvalue weighted by Gasteiger charge is -2.14. The van der Waals surface area contributed by atoms with Gasteiger partial charge in [0.25, 0.3) is 0 Å². The molecule has 3 rings (SSSR count). The number of benzene rings is 3. The molecule has 0 saturated heterocycles.